The van der Waals surface area contributed by atoms with Crippen molar-refractivity contribution >= 4 is 17.5 Å². The van der Waals surface area contributed by atoms with Crippen LogP contribution in [-0.4, -0.2) is 48.0 Å². The van der Waals surface area contributed by atoms with Crippen LogP contribution in [0.5, 0.6) is 5.75 Å². The normalized spacial score (nSPS) is 18.0. The van der Waals surface area contributed by atoms with Crippen LogP contribution in [0.3, 0.4) is 0 Å². The van der Waals surface area contributed by atoms with Gasteiger partial charge in [0.25, 0.3) is 5.91 Å². The Hall–Kier alpha value is -2.11. The van der Waals surface area contributed by atoms with E-state index in [9.17, 15) is 9.18 Å². The van der Waals surface area contributed by atoms with Crippen molar-refractivity contribution < 1.29 is 13.9 Å². The molecule has 0 saturated carbocycles. The van der Waals surface area contributed by atoms with E-state index in [1.807, 2.05) is 11.8 Å². The molecule has 1 fully saturated rings. The van der Waals surface area contributed by atoms with E-state index in [1.54, 1.807) is 36.4 Å². The number of hydrogen-bond donors (Lipinski definition) is 0. The van der Waals surface area contributed by atoms with Crippen molar-refractivity contribution in [1.82, 2.24) is 9.80 Å². The number of ether oxygens (including phenoxy) is 1. The quantitative estimate of drug-likeness (QED) is 0.799. The molecule has 0 radical (unpaired) electrons. The number of hydrogen-bond acceptors (Lipinski definition) is 3. The molecule has 26 heavy (non-hydrogen) atoms. The molecule has 1 atom stereocenters. The van der Waals surface area contributed by atoms with Crippen LogP contribution in [0.1, 0.15) is 12.5 Å². The fourth-order valence-corrected chi connectivity index (χ4v) is 3.36. The van der Waals surface area contributed by atoms with E-state index in [0.717, 1.165) is 25.2 Å². The molecule has 1 amide bonds. The average molecular weight is 377 g/mol. The van der Waals surface area contributed by atoms with Gasteiger partial charge in [0.2, 0.25) is 0 Å². The summed E-state index contributed by atoms with van der Waals surface area (Å²) in [6, 6.07) is 13.7. The summed E-state index contributed by atoms with van der Waals surface area (Å²) < 4.78 is 18.6. The molecule has 6 heteroatoms. The van der Waals surface area contributed by atoms with E-state index in [1.165, 1.54) is 12.1 Å². The van der Waals surface area contributed by atoms with Gasteiger partial charge in [-0.1, -0.05) is 29.8 Å². The van der Waals surface area contributed by atoms with Gasteiger partial charge < -0.3 is 9.64 Å². The van der Waals surface area contributed by atoms with Crippen molar-refractivity contribution in [3.05, 3.63) is 64.9 Å². The fraction of sp³-hybridized carbons (Fsp3) is 0.350. The summed E-state index contributed by atoms with van der Waals surface area (Å²) in [5.74, 6) is 0.338. The van der Waals surface area contributed by atoms with Gasteiger partial charge in [0.1, 0.15) is 11.6 Å². The minimum Gasteiger partial charge on any atom is -0.484 e. The molecular weight excluding hydrogens is 355 g/mol. The Kier molecular flexibility index (Phi) is 6.12. The zero-order valence-electron chi connectivity index (χ0n) is 14.7. The zero-order chi connectivity index (χ0) is 18.5. The molecule has 0 bridgehead atoms. The second-order valence-electron chi connectivity index (χ2n) is 6.54. The lowest BCUT2D eigenvalue weighted by Gasteiger charge is -2.39. The third kappa shape index (κ3) is 4.96. The highest BCUT2D eigenvalue weighted by atomic mass is 35.5. The monoisotopic (exact) mass is 376 g/mol. The molecular formula is C20H22ClFN2O2. The highest BCUT2D eigenvalue weighted by molar-refractivity contribution is 6.30. The second-order valence-corrected chi connectivity index (χ2v) is 6.98. The molecule has 4 nitrogen and oxygen atoms in total. The number of benzene rings is 2. The fourth-order valence-electron chi connectivity index (χ4n) is 3.18. The molecule has 0 unspecified atom stereocenters. The lowest BCUT2D eigenvalue weighted by molar-refractivity contribution is -0.138. The molecule has 1 aliphatic rings. The largest absolute Gasteiger partial charge is 0.484 e. The van der Waals surface area contributed by atoms with Crippen molar-refractivity contribution in [2.45, 2.75) is 19.5 Å². The molecule has 2 aromatic rings. The number of amides is 1. The third-order valence-corrected chi connectivity index (χ3v) is 4.74. The predicted octanol–water partition coefficient (Wildman–Crippen LogP) is 3.59. The van der Waals surface area contributed by atoms with Crippen molar-refractivity contribution in [3.8, 4) is 5.75 Å². The number of halogens is 2. The van der Waals surface area contributed by atoms with Gasteiger partial charge in [-0.05, 0) is 42.8 Å². The molecule has 0 aliphatic carbocycles. The first-order valence-electron chi connectivity index (χ1n) is 8.66. The van der Waals surface area contributed by atoms with Crippen LogP contribution in [-0.2, 0) is 11.3 Å². The summed E-state index contributed by atoms with van der Waals surface area (Å²) in [5, 5.41) is 0.581. The highest BCUT2D eigenvalue weighted by Gasteiger charge is 2.27. The van der Waals surface area contributed by atoms with Gasteiger partial charge in [0.15, 0.2) is 6.61 Å². The minimum atomic E-state index is -0.225. The predicted molar refractivity (Wildman–Crippen MR) is 99.8 cm³/mol. The first-order chi connectivity index (χ1) is 12.5. The van der Waals surface area contributed by atoms with Crippen LogP contribution in [0.25, 0.3) is 0 Å². The Morgan fingerprint density at radius 1 is 1.23 bits per heavy atom. The summed E-state index contributed by atoms with van der Waals surface area (Å²) >= 11 is 5.92. The van der Waals surface area contributed by atoms with E-state index in [-0.39, 0.29) is 24.4 Å². The molecule has 0 aromatic heterocycles. The van der Waals surface area contributed by atoms with Crippen LogP contribution in [0.15, 0.2) is 48.5 Å². The molecule has 3 rings (SSSR count). The third-order valence-electron chi connectivity index (χ3n) is 4.51. The summed E-state index contributed by atoms with van der Waals surface area (Å²) in [6.07, 6.45) is 0. The van der Waals surface area contributed by atoms with Crippen molar-refractivity contribution in [2.24, 2.45) is 0 Å². The molecule has 1 saturated heterocycles. The van der Waals surface area contributed by atoms with Gasteiger partial charge in [-0.2, -0.15) is 0 Å². The summed E-state index contributed by atoms with van der Waals surface area (Å²) in [6.45, 7) is 5.01. The number of carbonyl (C=O) groups excluding carboxylic acids is 1. The minimum absolute atomic E-state index is 0.00262. The Balaban J connectivity index is 1.49. The standard InChI is InChI=1S/C20H22ClFN2O2/c1-15-12-23(13-16-5-7-18(22)8-6-16)9-10-24(15)20(25)14-26-19-4-2-3-17(21)11-19/h2-8,11,15H,9-10,12-14H2,1H3/t15-/m1/s1. The van der Waals surface area contributed by atoms with Gasteiger partial charge in [0.05, 0.1) is 0 Å². The number of carbonyl (C=O) groups is 1. The molecule has 1 heterocycles. The topological polar surface area (TPSA) is 32.8 Å². The van der Waals surface area contributed by atoms with Crippen LogP contribution >= 0.6 is 11.6 Å². The maximum Gasteiger partial charge on any atom is 0.260 e. The Morgan fingerprint density at radius 2 is 2.00 bits per heavy atom. The van der Waals surface area contributed by atoms with Crippen molar-refractivity contribution in [2.75, 3.05) is 26.2 Å². The summed E-state index contributed by atoms with van der Waals surface area (Å²) in [4.78, 5) is 16.6. The van der Waals surface area contributed by atoms with Gasteiger partial charge >= 0.3 is 0 Å². The summed E-state index contributed by atoms with van der Waals surface area (Å²) in [5.41, 5.74) is 1.07. The van der Waals surface area contributed by atoms with Crippen LogP contribution in [0, 0.1) is 5.82 Å². The van der Waals surface area contributed by atoms with E-state index in [0.29, 0.717) is 17.3 Å². The molecule has 138 valence electrons. The lowest BCUT2D eigenvalue weighted by atomic mass is 10.1. The average Bonchev–Trinajstić information content (AvgIpc) is 2.62. The molecule has 0 spiro atoms. The smallest absolute Gasteiger partial charge is 0.260 e. The van der Waals surface area contributed by atoms with Crippen molar-refractivity contribution in [3.63, 3.8) is 0 Å². The van der Waals surface area contributed by atoms with Gasteiger partial charge in [-0.25, -0.2) is 4.39 Å². The molecule has 1 aliphatic heterocycles. The SMILES string of the molecule is C[C@@H]1CN(Cc2ccc(F)cc2)CCN1C(=O)COc1cccc(Cl)c1. The number of rotatable bonds is 5. The van der Waals surface area contributed by atoms with Crippen LogP contribution in [0.4, 0.5) is 4.39 Å². The van der Waals surface area contributed by atoms with Crippen LogP contribution < -0.4 is 4.74 Å². The Morgan fingerprint density at radius 3 is 2.69 bits per heavy atom. The summed E-state index contributed by atoms with van der Waals surface area (Å²) in [7, 11) is 0. The Labute approximate surface area is 158 Å². The first kappa shape index (κ1) is 18.7. The zero-order valence-corrected chi connectivity index (χ0v) is 15.5. The second kappa shape index (κ2) is 8.52. The van der Waals surface area contributed by atoms with E-state index in [4.69, 9.17) is 16.3 Å². The molecule has 2 aromatic carbocycles. The van der Waals surface area contributed by atoms with E-state index < -0.39 is 0 Å². The maximum absolute atomic E-state index is 13.0. The van der Waals surface area contributed by atoms with Crippen LogP contribution in [0.2, 0.25) is 5.02 Å². The lowest BCUT2D eigenvalue weighted by Crippen LogP contribution is -2.54. The van der Waals surface area contributed by atoms with Gasteiger partial charge in [0, 0.05) is 37.2 Å². The van der Waals surface area contributed by atoms with Gasteiger partial charge in [-0.15, -0.1) is 0 Å². The van der Waals surface area contributed by atoms with E-state index >= 15 is 0 Å². The number of piperazine rings is 1. The highest BCUT2D eigenvalue weighted by Crippen LogP contribution is 2.18. The van der Waals surface area contributed by atoms with Gasteiger partial charge in [-0.3, -0.25) is 9.69 Å². The Bertz CT molecular complexity index is 754. The maximum atomic E-state index is 13.0. The number of nitrogens with zero attached hydrogens (tertiary/aromatic N) is 2. The first-order valence-corrected chi connectivity index (χ1v) is 9.04. The molecule has 0 N–H and O–H groups in total. The van der Waals surface area contributed by atoms with Crippen molar-refractivity contribution in [1.29, 1.82) is 0 Å². The van der Waals surface area contributed by atoms with E-state index in [2.05, 4.69) is 4.90 Å².